The SMILES string of the molecule is CCC(C)c1ccccc1C(C)c1ccccc1C(C)CC. The van der Waals surface area contributed by atoms with Crippen molar-refractivity contribution in [2.45, 2.75) is 65.2 Å². The fourth-order valence-corrected chi connectivity index (χ4v) is 3.32. The molecule has 2 rings (SSSR count). The van der Waals surface area contributed by atoms with E-state index in [1.165, 1.54) is 35.1 Å². The quantitative estimate of drug-likeness (QED) is 0.545. The van der Waals surface area contributed by atoms with Crippen LogP contribution in [0.15, 0.2) is 48.5 Å². The molecule has 118 valence electrons. The molecule has 2 aromatic carbocycles. The van der Waals surface area contributed by atoms with Crippen LogP contribution in [0.3, 0.4) is 0 Å². The fourth-order valence-electron chi connectivity index (χ4n) is 3.32. The van der Waals surface area contributed by atoms with Gasteiger partial charge in [-0.15, -0.1) is 0 Å². The summed E-state index contributed by atoms with van der Waals surface area (Å²) in [5.41, 5.74) is 6.01. The van der Waals surface area contributed by atoms with E-state index in [2.05, 4.69) is 83.1 Å². The summed E-state index contributed by atoms with van der Waals surface area (Å²) in [6.45, 7) is 11.6. The number of rotatable bonds is 6. The third-order valence-electron chi connectivity index (χ3n) is 5.21. The summed E-state index contributed by atoms with van der Waals surface area (Å²) < 4.78 is 0. The molecule has 0 saturated heterocycles. The third-order valence-corrected chi connectivity index (χ3v) is 5.21. The molecule has 0 aromatic heterocycles. The number of hydrogen-bond acceptors (Lipinski definition) is 0. The second-order valence-corrected chi connectivity index (χ2v) is 6.60. The zero-order chi connectivity index (χ0) is 16.1. The van der Waals surface area contributed by atoms with Crippen LogP contribution in [0.5, 0.6) is 0 Å². The van der Waals surface area contributed by atoms with Crippen molar-refractivity contribution in [3.63, 3.8) is 0 Å². The maximum Gasteiger partial charge on any atom is 0.00666 e. The van der Waals surface area contributed by atoms with Crippen LogP contribution in [0.2, 0.25) is 0 Å². The highest BCUT2D eigenvalue weighted by atomic mass is 14.2. The molecule has 2 atom stereocenters. The van der Waals surface area contributed by atoms with E-state index in [0.29, 0.717) is 17.8 Å². The van der Waals surface area contributed by atoms with E-state index in [1.54, 1.807) is 0 Å². The van der Waals surface area contributed by atoms with E-state index in [-0.39, 0.29) is 0 Å². The molecular weight excluding hydrogens is 264 g/mol. The minimum absolute atomic E-state index is 0.454. The van der Waals surface area contributed by atoms with Gasteiger partial charge in [-0.1, -0.05) is 83.1 Å². The van der Waals surface area contributed by atoms with Gasteiger partial charge < -0.3 is 0 Å². The predicted molar refractivity (Wildman–Crippen MR) is 97.8 cm³/mol. The Kier molecular flexibility index (Phi) is 5.83. The molecule has 0 aliphatic heterocycles. The van der Waals surface area contributed by atoms with Gasteiger partial charge in [-0.2, -0.15) is 0 Å². The molecule has 0 radical (unpaired) electrons. The highest BCUT2D eigenvalue weighted by Gasteiger charge is 2.19. The molecule has 2 unspecified atom stereocenters. The molecule has 22 heavy (non-hydrogen) atoms. The summed E-state index contributed by atoms with van der Waals surface area (Å²) in [4.78, 5) is 0. The van der Waals surface area contributed by atoms with Crippen LogP contribution in [0.4, 0.5) is 0 Å². The van der Waals surface area contributed by atoms with Crippen molar-refractivity contribution in [2.24, 2.45) is 0 Å². The maximum absolute atomic E-state index is 2.36. The Bertz CT molecular complexity index is 543. The Morgan fingerprint density at radius 1 is 0.591 bits per heavy atom. The second kappa shape index (κ2) is 7.63. The summed E-state index contributed by atoms with van der Waals surface area (Å²) in [6, 6.07) is 18.0. The Balaban J connectivity index is 2.47. The van der Waals surface area contributed by atoms with Gasteiger partial charge in [0.15, 0.2) is 0 Å². The van der Waals surface area contributed by atoms with Gasteiger partial charge >= 0.3 is 0 Å². The second-order valence-electron chi connectivity index (χ2n) is 6.60. The van der Waals surface area contributed by atoms with Crippen molar-refractivity contribution in [1.82, 2.24) is 0 Å². The first-order valence-corrected chi connectivity index (χ1v) is 8.77. The van der Waals surface area contributed by atoms with E-state index in [0.717, 1.165) is 0 Å². The molecule has 0 nitrogen and oxygen atoms in total. The Labute approximate surface area is 136 Å². The lowest BCUT2D eigenvalue weighted by Gasteiger charge is -2.24. The Morgan fingerprint density at radius 3 is 1.23 bits per heavy atom. The van der Waals surface area contributed by atoms with Crippen LogP contribution in [-0.4, -0.2) is 0 Å². The summed E-state index contributed by atoms with van der Waals surface area (Å²) in [6.07, 6.45) is 2.38. The van der Waals surface area contributed by atoms with E-state index in [9.17, 15) is 0 Å². The van der Waals surface area contributed by atoms with Gasteiger partial charge in [0, 0.05) is 5.92 Å². The summed E-state index contributed by atoms with van der Waals surface area (Å²) in [7, 11) is 0. The minimum atomic E-state index is 0.454. The average Bonchev–Trinajstić information content (AvgIpc) is 2.59. The Hall–Kier alpha value is -1.56. The third kappa shape index (κ3) is 3.43. The molecule has 0 amide bonds. The fraction of sp³-hybridized carbons (Fsp3) is 0.455. The molecule has 2 aromatic rings. The van der Waals surface area contributed by atoms with Gasteiger partial charge in [-0.05, 0) is 46.9 Å². The summed E-state index contributed by atoms with van der Waals surface area (Å²) in [5, 5.41) is 0. The number of benzene rings is 2. The standard InChI is InChI=1S/C22H30/c1-6-16(3)19-12-8-10-14-21(19)18(5)22-15-11-9-13-20(22)17(4)7-2/h8-18H,6-7H2,1-5H3. The lowest BCUT2D eigenvalue weighted by Crippen LogP contribution is -2.07. The summed E-state index contributed by atoms with van der Waals surface area (Å²) in [5.74, 6) is 1.69. The Morgan fingerprint density at radius 2 is 0.909 bits per heavy atom. The minimum Gasteiger partial charge on any atom is -0.0648 e. The number of hydrogen-bond donors (Lipinski definition) is 0. The monoisotopic (exact) mass is 294 g/mol. The highest BCUT2D eigenvalue weighted by Crippen LogP contribution is 2.36. The first kappa shape index (κ1) is 16.8. The molecule has 0 N–H and O–H groups in total. The van der Waals surface area contributed by atoms with Gasteiger partial charge in [0.1, 0.15) is 0 Å². The molecule has 0 aliphatic carbocycles. The smallest absolute Gasteiger partial charge is 0.00666 e. The van der Waals surface area contributed by atoms with E-state index in [1.807, 2.05) is 0 Å². The van der Waals surface area contributed by atoms with E-state index in [4.69, 9.17) is 0 Å². The van der Waals surface area contributed by atoms with Gasteiger partial charge in [0.05, 0.1) is 0 Å². The van der Waals surface area contributed by atoms with E-state index < -0.39 is 0 Å². The molecule has 0 saturated carbocycles. The maximum atomic E-state index is 2.36. The van der Waals surface area contributed by atoms with Crippen molar-refractivity contribution in [3.05, 3.63) is 70.8 Å². The topological polar surface area (TPSA) is 0 Å². The van der Waals surface area contributed by atoms with Crippen LogP contribution < -0.4 is 0 Å². The molecule has 0 heterocycles. The first-order valence-electron chi connectivity index (χ1n) is 8.77. The van der Waals surface area contributed by atoms with Gasteiger partial charge in [0.25, 0.3) is 0 Å². The van der Waals surface area contributed by atoms with Gasteiger partial charge in [-0.3, -0.25) is 0 Å². The van der Waals surface area contributed by atoms with Crippen molar-refractivity contribution < 1.29 is 0 Å². The molecule has 0 spiro atoms. The van der Waals surface area contributed by atoms with Crippen LogP contribution in [-0.2, 0) is 0 Å². The molecule has 0 heteroatoms. The first-order chi connectivity index (χ1) is 10.6. The van der Waals surface area contributed by atoms with Crippen molar-refractivity contribution in [1.29, 1.82) is 0 Å². The molecule has 0 aliphatic rings. The van der Waals surface area contributed by atoms with Crippen LogP contribution in [0.1, 0.15) is 87.5 Å². The van der Waals surface area contributed by atoms with Crippen LogP contribution in [0.25, 0.3) is 0 Å². The predicted octanol–water partition coefficient (Wildman–Crippen LogP) is 6.87. The van der Waals surface area contributed by atoms with Crippen molar-refractivity contribution >= 4 is 0 Å². The molecule has 0 bridgehead atoms. The summed E-state index contributed by atoms with van der Waals surface area (Å²) >= 11 is 0. The van der Waals surface area contributed by atoms with Crippen LogP contribution >= 0.6 is 0 Å². The molecule has 0 fully saturated rings. The van der Waals surface area contributed by atoms with Crippen molar-refractivity contribution in [3.8, 4) is 0 Å². The van der Waals surface area contributed by atoms with Crippen LogP contribution in [0, 0.1) is 0 Å². The molecular formula is C22H30. The van der Waals surface area contributed by atoms with Gasteiger partial charge in [0.2, 0.25) is 0 Å². The normalized spacial score (nSPS) is 15.3. The lowest BCUT2D eigenvalue weighted by molar-refractivity contribution is 0.697. The zero-order valence-electron chi connectivity index (χ0n) is 14.8. The average molecular weight is 294 g/mol. The lowest BCUT2D eigenvalue weighted by atomic mass is 9.81. The zero-order valence-corrected chi connectivity index (χ0v) is 14.8. The largest absolute Gasteiger partial charge is 0.0648 e. The van der Waals surface area contributed by atoms with Crippen molar-refractivity contribution in [2.75, 3.05) is 0 Å². The van der Waals surface area contributed by atoms with E-state index >= 15 is 0 Å². The van der Waals surface area contributed by atoms with Gasteiger partial charge in [-0.25, -0.2) is 0 Å². The highest BCUT2D eigenvalue weighted by molar-refractivity contribution is 5.43.